The lowest BCUT2D eigenvalue weighted by atomic mass is 10.2. The average Bonchev–Trinajstić information content (AvgIpc) is 2.34. The summed E-state index contributed by atoms with van der Waals surface area (Å²) in [6.45, 7) is 1.92. The van der Waals surface area contributed by atoms with Crippen molar-refractivity contribution in [1.82, 2.24) is 0 Å². The van der Waals surface area contributed by atoms with Crippen molar-refractivity contribution >= 4 is 33.9 Å². The summed E-state index contributed by atoms with van der Waals surface area (Å²) in [5.41, 5.74) is 1.79. The molecule has 0 saturated carbocycles. The van der Waals surface area contributed by atoms with Crippen molar-refractivity contribution in [3.05, 3.63) is 18.9 Å². The monoisotopic (exact) mass is 300 g/mol. The van der Waals surface area contributed by atoms with Gasteiger partial charge in [0, 0.05) is 17.7 Å². The molecule has 12 heavy (non-hydrogen) atoms. The first-order chi connectivity index (χ1) is 5.49. The van der Waals surface area contributed by atoms with E-state index >= 15 is 0 Å². The van der Waals surface area contributed by atoms with Crippen molar-refractivity contribution in [2.24, 2.45) is 0 Å². The van der Waals surface area contributed by atoms with Crippen molar-refractivity contribution in [3.63, 3.8) is 0 Å². The molecular weight excluding hydrogens is 293 g/mol. The van der Waals surface area contributed by atoms with Gasteiger partial charge in [0.25, 0.3) is 5.92 Å². The zero-order valence-corrected chi connectivity index (χ0v) is 9.43. The summed E-state index contributed by atoms with van der Waals surface area (Å²) in [6.07, 6.45) is -0.0986. The Bertz CT molecular complexity index is 302. The summed E-state index contributed by atoms with van der Waals surface area (Å²) >= 11 is 3.77. The summed E-state index contributed by atoms with van der Waals surface area (Å²) in [6, 6.07) is 0. The van der Waals surface area contributed by atoms with Gasteiger partial charge in [0.05, 0.1) is 2.88 Å². The van der Waals surface area contributed by atoms with E-state index in [1.54, 1.807) is 11.3 Å². The molecule has 0 bridgehead atoms. The minimum absolute atomic E-state index is 0.0479. The molecule has 0 radical (unpaired) electrons. The second-order valence-corrected chi connectivity index (χ2v) is 6.13. The highest BCUT2D eigenvalue weighted by atomic mass is 127. The van der Waals surface area contributed by atoms with Crippen LogP contribution in [0.5, 0.6) is 0 Å². The second kappa shape index (κ2) is 2.64. The molecule has 0 amide bonds. The van der Waals surface area contributed by atoms with E-state index in [0.29, 0.717) is 0 Å². The van der Waals surface area contributed by atoms with Gasteiger partial charge in [-0.2, -0.15) is 0 Å². The van der Waals surface area contributed by atoms with Gasteiger partial charge in [-0.3, -0.25) is 0 Å². The Hall–Kier alpha value is 0.290. The number of fused-ring (bicyclic) bond motifs is 1. The van der Waals surface area contributed by atoms with E-state index in [0.717, 1.165) is 18.9 Å². The van der Waals surface area contributed by atoms with Crippen LogP contribution in [0.15, 0.2) is 0 Å². The van der Waals surface area contributed by atoms with E-state index in [9.17, 15) is 8.78 Å². The lowest BCUT2D eigenvalue weighted by molar-refractivity contribution is 0.0128. The van der Waals surface area contributed by atoms with Crippen LogP contribution in [0.1, 0.15) is 16.0 Å². The number of hydrogen-bond donors (Lipinski definition) is 0. The van der Waals surface area contributed by atoms with E-state index in [4.69, 9.17) is 0 Å². The number of hydrogen-bond acceptors (Lipinski definition) is 1. The molecule has 1 heterocycles. The van der Waals surface area contributed by atoms with Gasteiger partial charge in [0.2, 0.25) is 0 Å². The van der Waals surface area contributed by atoms with Gasteiger partial charge in [0.15, 0.2) is 0 Å². The maximum absolute atomic E-state index is 12.9. The Kier molecular flexibility index (Phi) is 1.95. The molecule has 2 rings (SSSR count). The van der Waals surface area contributed by atoms with Gasteiger partial charge in [-0.1, -0.05) is 0 Å². The molecule has 1 aromatic rings. The van der Waals surface area contributed by atoms with Gasteiger partial charge < -0.3 is 0 Å². The van der Waals surface area contributed by atoms with E-state index in [1.165, 1.54) is 0 Å². The quantitative estimate of drug-likeness (QED) is 0.644. The largest absolute Gasteiger partial charge is 0.256 e. The average molecular weight is 300 g/mol. The lowest BCUT2D eigenvalue weighted by Gasteiger charge is -2.06. The lowest BCUT2D eigenvalue weighted by Crippen LogP contribution is -2.15. The molecule has 1 aliphatic carbocycles. The van der Waals surface area contributed by atoms with E-state index in [2.05, 4.69) is 22.6 Å². The molecule has 0 nitrogen and oxygen atoms in total. The maximum Gasteiger partial charge on any atom is 0.256 e. The summed E-state index contributed by atoms with van der Waals surface area (Å²) in [4.78, 5) is 1.06. The normalized spacial score (nSPS) is 19.7. The molecular formula is C8H7F2IS. The highest BCUT2D eigenvalue weighted by Crippen LogP contribution is 2.42. The second-order valence-electron chi connectivity index (χ2n) is 3.10. The smallest absolute Gasteiger partial charge is 0.206 e. The van der Waals surface area contributed by atoms with Crippen molar-refractivity contribution in [1.29, 1.82) is 0 Å². The molecule has 0 spiro atoms. The first-order valence-electron chi connectivity index (χ1n) is 3.64. The fourth-order valence-electron chi connectivity index (χ4n) is 1.58. The number of rotatable bonds is 0. The van der Waals surface area contributed by atoms with Crippen LogP contribution in [-0.2, 0) is 12.8 Å². The van der Waals surface area contributed by atoms with Crippen molar-refractivity contribution in [3.8, 4) is 0 Å². The van der Waals surface area contributed by atoms with Crippen LogP contribution in [0, 0.1) is 9.81 Å². The van der Waals surface area contributed by atoms with E-state index in [-0.39, 0.29) is 12.8 Å². The van der Waals surface area contributed by atoms with Crippen LogP contribution in [0.25, 0.3) is 0 Å². The Morgan fingerprint density at radius 3 is 2.50 bits per heavy atom. The van der Waals surface area contributed by atoms with Crippen LogP contribution in [-0.4, -0.2) is 5.92 Å². The number of thiophene rings is 1. The molecule has 1 aromatic heterocycles. The van der Waals surface area contributed by atoms with Crippen LogP contribution in [0.4, 0.5) is 8.78 Å². The molecule has 4 heteroatoms. The molecule has 0 saturated heterocycles. The fraction of sp³-hybridized carbons (Fsp3) is 0.500. The van der Waals surface area contributed by atoms with Gasteiger partial charge in [-0.15, -0.1) is 11.3 Å². The highest BCUT2D eigenvalue weighted by molar-refractivity contribution is 14.1. The molecule has 0 atom stereocenters. The first-order valence-corrected chi connectivity index (χ1v) is 5.53. The predicted octanol–water partition coefficient (Wildman–Crippen LogP) is 3.40. The van der Waals surface area contributed by atoms with Gasteiger partial charge in [-0.05, 0) is 40.6 Å². The van der Waals surface area contributed by atoms with Gasteiger partial charge in [0.1, 0.15) is 0 Å². The summed E-state index contributed by atoms with van der Waals surface area (Å²) in [7, 11) is 0. The summed E-state index contributed by atoms with van der Waals surface area (Å²) < 4.78 is 26.9. The maximum atomic E-state index is 12.9. The molecule has 0 aliphatic heterocycles. The van der Waals surface area contributed by atoms with Crippen LogP contribution < -0.4 is 0 Å². The predicted molar refractivity (Wildman–Crippen MR) is 54.1 cm³/mol. The standard InChI is InChI=1S/C8H7F2IS/c1-4-5-2-8(9,10)3-6(5)7(11)12-4/h2-3H2,1H3. The molecule has 0 aromatic carbocycles. The third-order valence-electron chi connectivity index (χ3n) is 2.14. The van der Waals surface area contributed by atoms with Crippen LogP contribution >= 0.6 is 33.9 Å². The summed E-state index contributed by atoms with van der Waals surface area (Å²) in [5.74, 6) is -2.48. The topological polar surface area (TPSA) is 0 Å². The van der Waals surface area contributed by atoms with Crippen molar-refractivity contribution in [2.45, 2.75) is 25.7 Å². The zero-order valence-electron chi connectivity index (χ0n) is 6.46. The van der Waals surface area contributed by atoms with Gasteiger partial charge >= 0.3 is 0 Å². The van der Waals surface area contributed by atoms with E-state index < -0.39 is 5.92 Å². The number of halogens is 3. The van der Waals surface area contributed by atoms with Crippen LogP contribution in [0.3, 0.4) is 0 Å². The first kappa shape index (κ1) is 8.87. The van der Waals surface area contributed by atoms with Crippen molar-refractivity contribution < 1.29 is 8.78 Å². The molecule has 66 valence electrons. The molecule has 1 aliphatic rings. The van der Waals surface area contributed by atoms with Crippen LogP contribution in [0.2, 0.25) is 0 Å². The number of alkyl halides is 2. The Morgan fingerprint density at radius 2 is 1.92 bits per heavy atom. The van der Waals surface area contributed by atoms with Crippen molar-refractivity contribution in [2.75, 3.05) is 0 Å². The Labute approximate surface area is 87.1 Å². The van der Waals surface area contributed by atoms with Gasteiger partial charge in [-0.25, -0.2) is 8.78 Å². The Balaban J connectivity index is 2.49. The molecule has 0 fully saturated rings. The zero-order chi connectivity index (χ0) is 8.93. The minimum Gasteiger partial charge on any atom is -0.206 e. The third-order valence-corrected chi connectivity index (χ3v) is 4.43. The fourth-order valence-corrected chi connectivity index (χ4v) is 3.99. The minimum atomic E-state index is -2.48. The highest BCUT2D eigenvalue weighted by Gasteiger charge is 2.40. The molecule has 0 unspecified atom stereocenters. The SMILES string of the molecule is Cc1sc(I)c2c1CC(F)(F)C2. The number of aryl methyl sites for hydroxylation is 1. The molecule has 0 N–H and O–H groups in total. The third kappa shape index (κ3) is 1.28. The summed E-state index contributed by atoms with van der Waals surface area (Å²) in [5, 5.41) is 0. The van der Waals surface area contributed by atoms with E-state index in [1.807, 2.05) is 6.92 Å². The Morgan fingerprint density at radius 1 is 1.33 bits per heavy atom.